The summed E-state index contributed by atoms with van der Waals surface area (Å²) in [6.45, 7) is 1.47. The van der Waals surface area contributed by atoms with Gasteiger partial charge >= 0.3 is 6.18 Å². The zero-order chi connectivity index (χ0) is 17.3. The van der Waals surface area contributed by atoms with Crippen molar-refractivity contribution >= 4 is 22.9 Å². The molecule has 0 aliphatic heterocycles. The van der Waals surface area contributed by atoms with Gasteiger partial charge in [0.25, 0.3) is 0 Å². The van der Waals surface area contributed by atoms with Crippen LogP contribution in [0.4, 0.5) is 18.9 Å². The summed E-state index contributed by atoms with van der Waals surface area (Å²) in [6, 6.07) is 1.11. The Balaban J connectivity index is 2.27. The maximum atomic E-state index is 13.2. The minimum Gasteiger partial charge on any atom is -0.374 e. The van der Waals surface area contributed by atoms with Gasteiger partial charge in [0.2, 0.25) is 16.9 Å². The van der Waals surface area contributed by atoms with Crippen LogP contribution in [0.1, 0.15) is 17.1 Å². The first-order chi connectivity index (χ1) is 10.6. The van der Waals surface area contributed by atoms with Gasteiger partial charge in [0.05, 0.1) is 6.42 Å². The Labute approximate surface area is 132 Å². The van der Waals surface area contributed by atoms with Gasteiger partial charge in [-0.05, 0) is 6.92 Å². The Morgan fingerprint density at radius 3 is 2.70 bits per heavy atom. The number of alkyl halides is 3. The zero-order valence-electron chi connectivity index (χ0n) is 11.8. The van der Waals surface area contributed by atoms with Crippen molar-refractivity contribution in [3.8, 4) is 0 Å². The second kappa shape index (κ2) is 6.13. The molecule has 0 saturated carbocycles. The van der Waals surface area contributed by atoms with Gasteiger partial charge in [-0.3, -0.25) is 9.59 Å². The lowest BCUT2D eigenvalue weighted by Gasteiger charge is -2.27. The maximum Gasteiger partial charge on any atom is 0.424 e. The number of carbonyl (C=O) groups excluding carboxylic acids is 1. The third-order valence-corrected chi connectivity index (χ3v) is 4.07. The van der Waals surface area contributed by atoms with Gasteiger partial charge in [0, 0.05) is 29.5 Å². The number of rotatable bonds is 4. The summed E-state index contributed by atoms with van der Waals surface area (Å²) in [4.78, 5) is 29.5. The highest BCUT2D eigenvalue weighted by Gasteiger charge is 2.58. The highest BCUT2D eigenvalue weighted by atomic mass is 32.1. The smallest absolute Gasteiger partial charge is 0.374 e. The molecule has 0 aromatic carbocycles. The highest BCUT2D eigenvalue weighted by molar-refractivity contribution is 7.09. The molecule has 0 aliphatic rings. The van der Waals surface area contributed by atoms with Crippen LogP contribution in [-0.2, 0) is 10.4 Å². The fourth-order valence-electron chi connectivity index (χ4n) is 1.78. The van der Waals surface area contributed by atoms with Crippen LogP contribution < -0.4 is 10.7 Å². The van der Waals surface area contributed by atoms with E-state index in [-0.39, 0.29) is 5.69 Å². The molecule has 0 bridgehead atoms. The van der Waals surface area contributed by atoms with Gasteiger partial charge in [-0.15, -0.1) is 11.3 Å². The average Bonchev–Trinajstić information content (AvgIpc) is 2.87. The van der Waals surface area contributed by atoms with Crippen molar-refractivity contribution in [2.75, 3.05) is 5.32 Å². The predicted molar refractivity (Wildman–Crippen MR) is 77.1 cm³/mol. The number of H-pyrrole nitrogens is 1. The summed E-state index contributed by atoms with van der Waals surface area (Å²) in [5, 5.41) is 12.8. The van der Waals surface area contributed by atoms with Crippen LogP contribution in [0, 0.1) is 6.92 Å². The van der Waals surface area contributed by atoms with Gasteiger partial charge in [0.15, 0.2) is 0 Å². The quantitative estimate of drug-likeness (QED) is 0.787. The molecule has 0 fully saturated rings. The minimum absolute atomic E-state index is 0.211. The van der Waals surface area contributed by atoms with Gasteiger partial charge < -0.3 is 15.4 Å². The van der Waals surface area contributed by atoms with E-state index < -0.39 is 34.5 Å². The number of nitrogens with zero attached hydrogens (tertiary/aromatic N) is 1. The van der Waals surface area contributed by atoms with Gasteiger partial charge in [-0.2, -0.15) is 13.2 Å². The van der Waals surface area contributed by atoms with Crippen LogP contribution in [0.5, 0.6) is 0 Å². The van der Waals surface area contributed by atoms with E-state index in [1.807, 2.05) is 5.32 Å². The Hall–Kier alpha value is -2.20. The molecule has 2 rings (SSSR count). The molecule has 0 radical (unpaired) electrons. The van der Waals surface area contributed by atoms with E-state index in [1.54, 1.807) is 0 Å². The maximum absolute atomic E-state index is 13.2. The number of pyridine rings is 1. The Kier molecular flexibility index (Phi) is 4.57. The number of thiazole rings is 1. The summed E-state index contributed by atoms with van der Waals surface area (Å²) < 4.78 is 39.7. The highest BCUT2D eigenvalue weighted by Crippen LogP contribution is 2.42. The number of hydrogen-bond acceptors (Lipinski definition) is 5. The van der Waals surface area contributed by atoms with E-state index in [9.17, 15) is 27.9 Å². The Bertz CT molecular complexity index is 771. The molecule has 1 amide bonds. The molecule has 124 valence electrons. The first kappa shape index (κ1) is 17.2. The normalized spacial score (nSPS) is 14.3. The summed E-state index contributed by atoms with van der Waals surface area (Å²) in [7, 11) is 0. The molecular formula is C13H12F3N3O3S. The van der Waals surface area contributed by atoms with Crippen molar-refractivity contribution in [2.24, 2.45) is 0 Å². The lowest BCUT2D eigenvalue weighted by Crippen LogP contribution is -2.45. The molecule has 0 spiro atoms. The van der Waals surface area contributed by atoms with Crippen molar-refractivity contribution in [1.29, 1.82) is 0 Å². The van der Waals surface area contributed by atoms with E-state index in [2.05, 4.69) is 9.97 Å². The number of aliphatic hydroxyl groups is 1. The Morgan fingerprint density at radius 2 is 2.17 bits per heavy atom. The number of aromatic nitrogens is 2. The van der Waals surface area contributed by atoms with Crippen LogP contribution in [-0.4, -0.2) is 27.2 Å². The largest absolute Gasteiger partial charge is 0.424 e. The molecule has 1 atom stereocenters. The molecule has 2 aromatic rings. The monoisotopic (exact) mass is 347 g/mol. The van der Waals surface area contributed by atoms with E-state index in [1.165, 1.54) is 18.5 Å². The van der Waals surface area contributed by atoms with Crippen LogP contribution in [0.2, 0.25) is 0 Å². The second-order valence-electron chi connectivity index (χ2n) is 4.80. The van der Waals surface area contributed by atoms with Crippen molar-refractivity contribution in [2.45, 2.75) is 25.1 Å². The van der Waals surface area contributed by atoms with Crippen molar-refractivity contribution in [3.63, 3.8) is 0 Å². The molecule has 2 aromatic heterocycles. The van der Waals surface area contributed by atoms with Crippen molar-refractivity contribution < 1.29 is 23.1 Å². The second-order valence-corrected chi connectivity index (χ2v) is 5.66. The molecule has 0 saturated heterocycles. The first-order valence-corrected chi connectivity index (χ1v) is 7.20. The summed E-state index contributed by atoms with van der Waals surface area (Å²) >= 11 is 0.606. The van der Waals surface area contributed by atoms with Crippen LogP contribution in [0.25, 0.3) is 0 Å². The molecular weight excluding hydrogens is 335 g/mol. The molecule has 10 heteroatoms. The standard InChI is InChI=1S/C13H12F3N3O3S/c1-7-6-23-11(18-7)12(22,13(14,15)16)4-10(21)19-8-5-17-3-2-9(8)20/h2-3,5-6,22H,4H2,1H3,(H,17,20)(H,19,21). The molecule has 1 unspecified atom stereocenters. The number of aryl methyl sites for hydroxylation is 1. The van der Waals surface area contributed by atoms with Gasteiger partial charge in [0.1, 0.15) is 10.7 Å². The summed E-state index contributed by atoms with van der Waals surface area (Å²) in [5.74, 6) is -1.16. The van der Waals surface area contributed by atoms with Crippen LogP contribution in [0.15, 0.2) is 28.6 Å². The molecule has 6 nitrogen and oxygen atoms in total. The number of amides is 1. The summed E-state index contributed by atoms with van der Waals surface area (Å²) in [5.41, 5.74) is -3.90. The van der Waals surface area contributed by atoms with Crippen LogP contribution >= 0.6 is 11.3 Å². The number of carbonyl (C=O) groups is 1. The fourth-order valence-corrected chi connectivity index (χ4v) is 2.70. The molecule has 0 aliphatic carbocycles. The topological polar surface area (TPSA) is 95.1 Å². The minimum atomic E-state index is -5.10. The fraction of sp³-hybridized carbons (Fsp3) is 0.308. The van der Waals surface area contributed by atoms with E-state index in [0.717, 1.165) is 12.3 Å². The molecule has 23 heavy (non-hydrogen) atoms. The third-order valence-electron chi connectivity index (χ3n) is 2.96. The number of anilines is 1. The van der Waals surface area contributed by atoms with Crippen LogP contribution in [0.3, 0.4) is 0 Å². The number of nitrogens with one attached hydrogen (secondary N) is 2. The number of halogens is 3. The van der Waals surface area contributed by atoms with E-state index in [0.29, 0.717) is 17.0 Å². The number of aromatic amines is 1. The first-order valence-electron chi connectivity index (χ1n) is 6.32. The summed E-state index contributed by atoms with van der Waals surface area (Å²) in [6.07, 6.45) is -3.96. The Morgan fingerprint density at radius 1 is 1.48 bits per heavy atom. The number of hydrogen-bond donors (Lipinski definition) is 3. The predicted octanol–water partition coefficient (Wildman–Crippen LogP) is 1.92. The van der Waals surface area contributed by atoms with Gasteiger partial charge in [-0.25, -0.2) is 4.98 Å². The molecule has 3 N–H and O–H groups in total. The SMILES string of the molecule is Cc1csc(C(O)(CC(=O)Nc2c[nH]ccc2=O)C(F)(F)F)n1. The van der Waals surface area contributed by atoms with E-state index >= 15 is 0 Å². The van der Waals surface area contributed by atoms with E-state index in [4.69, 9.17) is 0 Å². The van der Waals surface area contributed by atoms with Crippen molar-refractivity contribution in [3.05, 3.63) is 44.8 Å². The third kappa shape index (κ3) is 3.59. The van der Waals surface area contributed by atoms with Crippen molar-refractivity contribution in [1.82, 2.24) is 9.97 Å². The zero-order valence-corrected chi connectivity index (χ0v) is 12.6. The van der Waals surface area contributed by atoms with Gasteiger partial charge in [-0.1, -0.05) is 0 Å². The lowest BCUT2D eigenvalue weighted by molar-refractivity contribution is -0.266. The molecule has 2 heterocycles. The average molecular weight is 347 g/mol. The lowest BCUT2D eigenvalue weighted by atomic mass is 9.99.